The van der Waals surface area contributed by atoms with E-state index in [1.54, 1.807) is 6.92 Å². The highest BCUT2D eigenvalue weighted by Crippen LogP contribution is 2.20. The summed E-state index contributed by atoms with van der Waals surface area (Å²) in [5.74, 6) is 0.289. The summed E-state index contributed by atoms with van der Waals surface area (Å²) < 4.78 is 5.45. The molecule has 2 heterocycles. The Balaban J connectivity index is 1.59. The molecule has 1 amide bonds. The monoisotopic (exact) mass is 396 g/mol. The summed E-state index contributed by atoms with van der Waals surface area (Å²) in [4.78, 5) is 27.5. The van der Waals surface area contributed by atoms with Gasteiger partial charge in [0.15, 0.2) is 0 Å². The summed E-state index contributed by atoms with van der Waals surface area (Å²) >= 11 is 0. The molecule has 1 aromatic carbocycles. The number of rotatable bonds is 8. The lowest BCUT2D eigenvalue weighted by Gasteiger charge is -2.35. The third kappa shape index (κ3) is 5.57. The van der Waals surface area contributed by atoms with E-state index < -0.39 is 5.63 Å². The van der Waals surface area contributed by atoms with Gasteiger partial charge in [0.1, 0.15) is 11.3 Å². The summed E-state index contributed by atoms with van der Waals surface area (Å²) in [5, 5.41) is 2.94. The van der Waals surface area contributed by atoms with Crippen LogP contribution < -0.4 is 10.9 Å². The molecule has 1 saturated heterocycles. The van der Waals surface area contributed by atoms with Gasteiger partial charge in [-0.2, -0.15) is 0 Å². The Hall–Kier alpha value is -2.40. The van der Waals surface area contributed by atoms with E-state index >= 15 is 0 Å². The lowest BCUT2D eigenvalue weighted by molar-refractivity contribution is 0.0897. The molecular formula is C24H32N2O3. The van der Waals surface area contributed by atoms with Gasteiger partial charge in [0.05, 0.1) is 0 Å². The molecule has 0 bridgehead atoms. The predicted octanol–water partition coefficient (Wildman–Crippen LogP) is 3.73. The Morgan fingerprint density at radius 3 is 2.48 bits per heavy atom. The fourth-order valence-electron chi connectivity index (χ4n) is 4.00. The minimum Gasteiger partial charge on any atom is -0.427 e. The minimum absolute atomic E-state index is 0.119. The van der Waals surface area contributed by atoms with E-state index in [0.717, 1.165) is 25.9 Å². The Morgan fingerprint density at radius 1 is 1.14 bits per heavy atom. The number of carbonyl (C=O) groups is 1. The first kappa shape index (κ1) is 21.3. The molecule has 29 heavy (non-hydrogen) atoms. The van der Waals surface area contributed by atoms with E-state index in [1.807, 2.05) is 24.3 Å². The molecule has 5 heteroatoms. The Bertz CT molecular complexity index is 881. The van der Waals surface area contributed by atoms with Crippen LogP contribution in [0.5, 0.6) is 0 Å². The number of likely N-dealkylation sites (tertiary alicyclic amines) is 1. The second kappa shape index (κ2) is 9.40. The van der Waals surface area contributed by atoms with Crippen molar-refractivity contribution in [3.8, 4) is 0 Å². The molecule has 0 spiro atoms. The van der Waals surface area contributed by atoms with Crippen molar-refractivity contribution in [2.75, 3.05) is 19.6 Å². The van der Waals surface area contributed by atoms with Crippen LogP contribution in [0.1, 0.15) is 60.4 Å². The van der Waals surface area contributed by atoms with Crippen molar-refractivity contribution < 1.29 is 9.21 Å². The van der Waals surface area contributed by atoms with Crippen molar-refractivity contribution in [1.29, 1.82) is 0 Å². The van der Waals surface area contributed by atoms with Crippen molar-refractivity contribution in [3.05, 3.63) is 69.3 Å². The molecule has 0 atom stereocenters. The number of nitrogens with one attached hydrogen (secondary N) is 1. The van der Waals surface area contributed by atoms with Crippen molar-refractivity contribution in [1.82, 2.24) is 10.2 Å². The van der Waals surface area contributed by atoms with Crippen molar-refractivity contribution in [2.45, 2.75) is 58.4 Å². The first-order valence-corrected chi connectivity index (χ1v) is 10.6. The van der Waals surface area contributed by atoms with Crippen LogP contribution >= 0.6 is 0 Å². The zero-order valence-corrected chi connectivity index (χ0v) is 17.8. The highest BCUT2D eigenvalue weighted by Gasteiger charge is 2.30. The van der Waals surface area contributed by atoms with Gasteiger partial charge in [-0.05, 0) is 76.7 Å². The molecule has 1 aromatic heterocycles. The molecule has 2 aromatic rings. The Morgan fingerprint density at radius 2 is 1.83 bits per heavy atom. The van der Waals surface area contributed by atoms with Crippen LogP contribution in [0.15, 0.2) is 45.6 Å². The zero-order chi connectivity index (χ0) is 20.9. The van der Waals surface area contributed by atoms with E-state index in [1.165, 1.54) is 18.4 Å². The van der Waals surface area contributed by atoms with E-state index in [-0.39, 0.29) is 17.0 Å². The number of carbonyl (C=O) groups excluding carboxylic acids is 1. The molecule has 1 aliphatic rings. The number of hydrogen-bond donors (Lipinski definition) is 1. The molecule has 1 aliphatic heterocycles. The van der Waals surface area contributed by atoms with Crippen molar-refractivity contribution in [2.24, 2.45) is 0 Å². The van der Waals surface area contributed by atoms with Gasteiger partial charge in [0.25, 0.3) is 5.91 Å². The highest BCUT2D eigenvalue weighted by molar-refractivity contribution is 5.95. The molecule has 0 radical (unpaired) electrons. The molecular weight excluding hydrogens is 364 g/mol. The Kier molecular flexibility index (Phi) is 6.91. The van der Waals surface area contributed by atoms with Gasteiger partial charge in [-0.25, -0.2) is 4.79 Å². The van der Waals surface area contributed by atoms with Crippen LogP contribution in [-0.2, 0) is 12.8 Å². The highest BCUT2D eigenvalue weighted by atomic mass is 16.4. The fourth-order valence-corrected chi connectivity index (χ4v) is 4.00. The van der Waals surface area contributed by atoms with E-state index in [4.69, 9.17) is 4.42 Å². The predicted molar refractivity (Wildman–Crippen MR) is 115 cm³/mol. The van der Waals surface area contributed by atoms with Crippen LogP contribution in [0.25, 0.3) is 0 Å². The van der Waals surface area contributed by atoms with Gasteiger partial charge in [0.2, 0.25) is 0 Å². The second-order valence-electron chi connectivity index (χ2n) is 8.59. The van der Waals surface area contributed by atoms with E-state index in [0.29, 0.717) is 24.3 Å². The van der Waals surface area contributed by atoms with Gasteiger partial charge < -0.3 is 9.73 Å². The van der Waals surface area contributed by atoms with Gasteiger partial charge >= 0.3 is 5.63 Å². The van der Waals surface area contributed by atoms with E-state index in [2.05, 4.69) is 36.2 Å². The molecule has 3 rings (SSSR count). The van der Waals surface area contributed by atoms with Gasteiger partial charge in [-0.15, -0.1) is 0 Å². The average Bonchev–Trinajstić information content (AvgIpc) is 3.23. The van der Waals surface area contributed by atoms with Crippen LogP contribution in [0.3, 0.4) is 0 Å². The minimum atomic E-state index is -0.545. The molecule has 1 N–H and O–H groups in total. The number of benzene rings is 1. The largest absolute Gasteiger partial charge is 0.427 e. The fraction of sp³-hybridized carbons (Fsp3) is 0.500. The summed E-state index contributed by atoms with van der Waals surface area (Å²) in [7, 11) is 0. The van der Waals surface area contributed by atoms with Crippen LogP contribution in [0, 0.1) is 6.92 Å². The normalized spacial score (nSPS) is 14.9. The number of amides is 1. The molecule has 0 aliphatic carbocycles. The number of nitrogens with zero attached hydrogens (tertiary/aromatic N) is 1. The third-order valence-corrected chi connectivity index (χ3v) is 5.80. The molecule has 5 nitrogen and oxygen atoms in total. The second-order valence-corrected chi connectivity index (χ2v) is 8.59. The topological polar surface area (TPSA) is 62.6 Å². The summed E-state index contributed by atoms with van der Waals surface area (Å²) in [6.07, 6.45) is 4.89. The zero-order valence-electron chi connectivity index (χ0n) is 17.8. The Labute approximate surface area is 173 Å². The SMILES string of the molecule is Cc1cc(CCCc2ccccc2)oc(=O)c1C(=O)NCC(C)(C)N1CCCC1. The molecule has 156 valence electrons. The number of hydrogen-bond acceptors (Lipinski definition) is 4. The van der Waals surface area contributed by atoms with Crippen LogP contribution in [-0.4, -0.2) is 36.0 Å². The summed E-state index contributed by atoms with van der Waals surface area (Å²) in [6.45, 7) is 8.68. The maximum atomic E-state index is 12.7. The van der Waals surface area contributed by atoms with Gasteiger partial charge in [-0.1, -0.05) is 30.3 Å². The van der Waals surface area contributed by atoms with Gasteiger partial charge in [0, 0.05) is 18.5 Å². The quantitative estimate of drug-likeness (QED) is 0.739. The van der Waals surface area contributed by atoms with E-state index in [9.17, 15) is 9.59 Å². The average molecular weight is 397 g/mol. The lowest BCUT2D eigenvalue weighted by Crippen LogP contribution is -2.50. The molecule has 0 unspecified atom stereocenters. The molecule has 1 fully saturated rings. The smallest absolute Gasteiger partial charge is 0.349 e. The first-order chi connectivity index (χ1) is 13.9. The standard InChI is InChI=1S/C24H32N2O3/c1-18-16-20(13-9-12-19-10-5-4-6-11-19)29-23(28)21(18)22(27)25-17-24(2,3)26-14-7-8-15-26/h4-6,10-11,16H,7-9,12-15,17H2,1-3H3,(H,25,27). The maximum Gasteiger partial charge on any atom is 0.349 e. The van der Waals surface area contributed by atoms with Crippen LogP contribution in [0.2, 0.25) is 0 Å². The first-order valence-electron chi connectivity index (χ1n) is 10.6. The maximum absolute atomic E-state index is 12.7. The lowest BCUT2D eigenvalue weighted by atomic mass is 10.0. The molecule has 0 saturated carbocycles. The van der Waals surface area contributed by atoms with Gasteiger partial charge in [-0.3, -0.25) is 9.69 Å². The summed E-state index contributed by atoms with van der Waals surface area (Å²) in [5.41, 5.74) is 1.39. The van der Waals surface area contributed by atoms with Crippen LogP contribution in [0.4, 0.5) is 0 Å². The van der Waals surface area contributed by atoms with Crippen molar-refractivity contribution >= 4 is 5.91 Å². The van der Waals surface area contributed by atoms with Crippen molar-refractivity contribution in [3.63, 3.8) is 0 Å². The third-order valence-electron chi connectivity index (χ3n) is 5.80. The summed E-state index contributed by atoms with van der Waals surface area (Å²) in [6, 6.07) is 12.1. The number of aryl methyl sites for hydroxylation is 3.